The minimum Gasteiger partial charge on any atom is -0.471 e. The summed E-state index contributed by atoms with van der Waals surface area (Å²) >= 11 is 5.95. The standard InChI is InChI=1S/C23H21ClN2O3S/c1-23(16-15-18-11-13-20(24)14-12-18,29-22-10-6-5-7-19(22)17-25)26-30(27,28)21-8-3-2-4-9-21/h2-14,26H,15-16H2,1H3. The van der Waals surface area contributed by atoms with Crippen molar-refractivity contribution in [2.24, 2.45) is 0 Å². The second-order valence-corrected chi connectivity index (χ2v) is 9.10. The van der Waals surface area contributed by atoms with E-state index in [1.807, 2.05) is 12.1 Å². The molecular weight excluding hydrogens is 420 g/mol. The third kappa shape index (κ3) is 5.61. The van der Waals surface area contributed by atoms with Crippen molar-refractivity contribution in [1.82, 2.24) is 4.72 Å². The Hall–Kier alpha value is -2.85. The first-order valence-corrected chi connectivity index (χ1v) is 11.2. The molecule has 0 aliphatic carbocycles. The van der Waals surface area contributed by atoms with E-state index in [1.165, 1.54) is 12.1 Å². The predicted molar refractivity (Wildman–Crippen MR) is 117 cm³/mol. The number of hydrogen-bond donors (Lipinski definition) is 1. The van der Waals surface area contributed by atoms with Crippen LogP contribution in [0.25, 0.3) is 0 Å². The Labute approximate surface area is 181 Å². The van der Waals surface area contributed by atoms with E-state index in [-0.39, 0.29) is 4.90 Å². The van der Waals surface area contributed by atoms with Crippen LogP contribution in [0, 0.1) is 11.3 Å². The number of rotatable bonds is 8. The van der Waals surface area contributed by atoms with Gasteiger partial charge in [-0.3, -0.25) is 0 Å². The van der Waals surface area contributed by atoms with Crippen molar-refractivity contribution in [3.8, 4) is 11.8 Å². The van der Waals surface area contributed by atoms with Gasteiger partial charge in [-0.1, -0.05) is 54.1 Å². The number of sulfonamides is 1. The highest BCUT2D eigenvalue weighted by molar-refractivity contribution is 7.89. The maximum absolute atomic E-state index is 13.0. The van der Waals surface area contributed by atoms with Gasteiger partial charge in [-0.05, 0) is 55.3 Å². The fourth-order valence-electron chi connectivity index (χ4n) is 2.99. The van der Waals surface area contributed by atoms with Crippen LogP contribution in [0.5, 0.6) is 5.75 Å². The van der Waals surface area contributed by atoms with Gasteiger partial charge in [0.25, 0.3) is 0 Å². The van der Waals surface area contributed by atoms with E-state index in [9.17, 15) is 13.7 Å². The number of ether oxygens (including phenoxy) is 1. The van der Waals surface area contributed by atoms with Crippen molar-refractivity contribution in [1.29, 1.82) is 5.26 Å². The number of halogens is 1. The Morgan fingerprint density at radius 1 is 1.00 bits per heavy atom. The van der Waals surface area contributed by atoms with Gasteiger partial charge in [-0.2, -0.15) is 9.98 Å². The second-order valence-electron chi connectivity index (χ2n) is 6.99. The lowest BCUT2D eigenvalue weighted by Crippen LogP contribution is -2.51. The molecule has 5 nitrogen and oxygen atoms in total. The van der Waals surface area contributed by atoms with Crippen LogP contribution in [-0.4, -0.2) is 14.1 Å². The minimum atomic E-state index is -3.85. The van der Waals surface area contributed by atoms with Gasteiger partial charge >= 0.3 is 0 Å². The third-order valence-corrected chi connectivity index (χ3v) is 6.40. The number of benzene rings is 3. The van der Waals surface area contributed by atoms with E-state index < -0.39 is 15.7 Å². The second kappa shape index (κ2) is 9.31. The third-order valence-electron chi connectivity index (χ3n) is 4.55. The molecule has 0 saturated carbocycles. The fourth-order valence-corrected chi connectivity index (χ4v) is 4.46. The molecule has 0 radical (unpaired) electrons. The van der Waals surface area contributed by atoms with Gasteiger partial charge in [-0.15, -0.1) is 0 Å². The topological polar surface area (TPSA) is 79.2 Å². The zero-order chi connectivity index (χ0) is 21.6. The summed E-state index contributed by atoms with van der Waals surface area (Å²) in [5.41, 5.74) is 0.0252. The molecule has 0 aromatic heterocycles. The molecule has 1 unspecified atom stereocenters. The maximum Gasteiger partial charge on any atom is 0.243 e. The lowest BCUT2D eigenvalue weighted by atomic mass is 10.0. The van der Waals surface area contributed by atoms with Crippen molar-refractivity contribution >= 4 is 21.6 Å². The minimum absolute atomic E-state index is 0.139. The van der Waals surface area contributed by atoms with Crippen LogP contribution in [0.1, 0.15) is 24.5 Å². The summed E-state index contributed by atoms with van der Waals surface area (Å²) in [5, 5.41) is 10.0. The number of aryl methyl sites for hydroxylation is 1. The number of hydrogen-bond acceptors (Lipinski definition) is 4. The molecule has 1 N–H and O–H groups in total. The van der Waals surface area contributed by atoms with Crippen LogP contribution in [-0.2, 0) is 16.4 Å². The Bertz CT molecular complexity index is 1140. The van der Waals surface area contributed by atoms with Crippen molar-refractivity contribution in [2.75, 3.05) is 0 Å². The molecule has 0 heterocycles. The molecule has 1 atom stereocenters. The van der Waals surface area contributed by atoms with Crippen LogP contribution in [0.4, 0.5) is 0 Å². The Morgan fingerprint density at radius 2 is 1.63 bits per heavy atom. The van der Waals surface area contributed by atoms with Gasteiger partial charge in [0.2, 0.25) is 10.0 Å². The molecule has 0 aliphatic heterocycles. The number of para-hydroxylation sites is 1. The van der Waals surface area contributed by atoms with Gasteiger partial charge in [0, 0.05) is 11.4 Å². The summed E-state index contributed by atoms with van der Waals surface area (Å²) in [4.78, 5) is 0.139. The number of nitrogens with zero attached hydrogens (tertiary/aromatic N) is 1. The van der Waals surface area contributed by atoms with Crippen LogP contribution < -0.4 is 9.46 Å². The largest absolute Gasteiger partial charge is 0.471 e. The molecule has 0 fully saturated rings. The maximum atomic E-state index is 13.0. The van der Waals surface area contributed by atoms with Gasteiger partial charge in [0.05, 0.1) is 10.5 Å². The molecule has 3 aromatic carbocycles. The molecular formula is C23H21ClN2O3S. The Balaban J connectivity index is 1.90. The lowest BCUT2D eigenvalue weighted by Gasteiger charge is -2.32. The monoisotopic (exact) mass is 440 g/mol. The van der Waals surface area contributed by atoms with E-state index in [2.05, 4.69) is 10.8 Å². The number of nitrogens with one attached hydrogen (secondary N) is 1. The zero-order valence-corrected chi connectivity index (χ0v) is 18.0. The van der Waals surface area contributed by atoms with E-state index in [0.29, 0.717) is 29.2 Å². The fraction of sp³-hybridized carbons (Fsp3) is 0.174. The normalized spacial score (nSPS) is 13.2. The van der Waals surface area contributed by atoms with Crippen molar-refractivity contribution in [3.63, 3.8) is 0 Å². The highest BCUT2D eigenvalue weighted by Crippen LogP contribution is 2.26. The lowest BCUT2D eigenvalue weighted by molar-refractivity contribution is 0.0674. The van der Waals surface area contributed by atoms with Gasteiger partial charge < -0.3 is 4.74 Å². The predicted octanol–water partition coefficient (Wildman–Crippen LogP) is 4.92. The molecule has 7 heteroatoms. The first kappa shape index (κ1) is 21.8. The van der Waals surface area contributed by atoms with Crippen molar-refractivity contribution in [3.05, 3.63) is 95.0 Å². The summed E-state index contributed by atoms with van der Waals surface area (Å²) in [6.07, 6.45) is 0.875. The summed E-state index contributed by atoms with van der Waals surface area (Å²) in [6.45, 7) is 1.66. The average molecular weight is 441 g/mol. The van der Waals surface area contributed by atoms with Gasteiger partial charge in [-0.25, -0.2) is 8.42 Å². The Morgan fingerprint density at radius 3 is 2.30 bits per heavy atom. The smallest absolute Gasteiger partial charge is 0.243 e. The van der Waals surface area contributed by atoms with E-state index in [4.69, 9.17) is 16.3 Å². The van der Waals surface area contributed by atoms with Crippen LogP contribution >= 0.6 is 11.6 Å². The highest BCUT2D eigenvalue weighted by Gasteiger charge is 2.33. The van der Waals surface area contributed by atoms with Gasteiger partial charge in [0.15, 0.2) is 5.72 Å². The number of nitriles is 1. The molecule has 0 spiro atoms. The first-order valence-electron chi connectivity index (χ1n) is 9.33. The van der Waals surface area contributed by atoms with Crippen LogP contribution in [0.3, 0.4) is 0 Å². The zero-order valence-electron chi connectivity index (χ0n) is 16.4. The van der Waals surface area contributed by atoms with E-state index in [0.717, 1.165) is 5.56 Å². The van der Waals surface area contributed by atoms with Crippen LogP contribution in [0.15, 0.2) is 83.8 Å². The van der Waals surface area contributed by atoms with Crippen molar-refractivity contribution in [2.45, 2.75) is 30.4 Å². The molecule has 0 aliphatic rings. The average Bonchev–Trinajstić information content (AvgIpc) is 2.74. The van der Waals surface area contributed by atoms with E-state index in [1.54, 1.807) is 61.5 Å². The summed E-state index contributed by atoms with van der Waals surface area (Å²) in [5.74, 6) is 0.314. The SMILES string of the molecule is CC(CCc1ccc(Cl)cc1)(NS(=O)(=O)c1ccccc1)Oc1ccccc1C#N. The van der Waals surface area contributed by atoms with Crippen LogP contribution in [0.2, 0.25) is 5.02 Å². The quantitative estimate of drug-likeness (QED) is 0.504. The van der Waals surface area contributed by atoms with Crippen molar-refractivity contribution < 1.29 is 13.2 Å². The first-order chi connectivity index (χ1) is 14.3. The molecule has 30 heavy (non-hydrogen) atoms. The van der Waals surface area contributed by atoms with Gasteiger partial charge in [0.1, 0.15) is 11.8 Å². The molecule has 3 aromatic rings. The molecule has 0 amide bonds. The molecule has 0 saturated heterocycles. The Kier molecular flexibility index (Phi) is 6.78. The summed E-state index contributed by atoms with van der Waals surface area (Å²) < 4.78 is 34.7. The summed E-state index contributed by atoms with van der Waals surface area (Å²) in [6, 6.07) is 24.3. The summed E-state index contributed by atoms with van der Waals surface area (Å²) in [7, 11) is -3.85. The molecule has 3 rings (SSSR count). The highest BCUT2D eigenvalue weighted by atomic mass is 35.5. The molecule has 0 bridgehead atoms. The van der Waals surface area contributed by atoms with E-state index >= 15 is 0 Å². The molecule has 154 valence electrons.